The number of nitrogens with two attached hydrogens (primary N) is 1. The van der Waals surface area contributed by atoms with Gasteiger partial charge in [0, 0.05) is 17.7 Å². The Balaban J connectivity index is 1.77. The minimum atomic E-state index is 0.152. The number of rotatable bonds is 13. The van der Waals surface area contributed by atoms with E-state index in [1.54, 1.807) is 7.11 Å². The van der Waals surface area contributed by atoms with Crippen molar-refractivity contribution in [1.82, 2.24) is 14.9 Å². The first kappa shape index (κ1) is 27.7. The van der Waals surface area contributed by atoms with Crippen LogP contribution in [-0.2, 0) is 0 Å². The molecule has 0 unspecified atom stereocenters. The number of hydrogen-bond acceptors (Lipinski definition) is 8. The number of hydrogen-bond donors (Lipinski definition) is 2. The second-order valence-corrected chi connectivity index (χ2v) is 8.81. The van der Waals surface area contributed by atoms with E-state index in [2.05, 4.69) is 29.0 Å². The van der Waals surface area contributed by atoms with Crippen molar-refractivity contribution in [1.29, 1.82) is 0 Å². The molecule has 0 radical (unpaired) electrons. The molecule has 0 amide bonds. The first-order valence-electron chi connectivity index (χ1n) is 13.3. The van der Waals surface area contributed by atoms with Gasteiger partial charge in [-0.1, -0.05) is 44.2 Å². The summed E-state index contributed by atoms with van der Waals surface area (Å²) in [6.07, 6.45) is 0. The lowest BCUT2D eigenvalue weighted by molar-refractivity contribution is 0.223. The van der Waals surface area contributed by atoms with E-state index >= 15 is 0 Å². The van der Waals surface area contributed by atoms with Crippen LogP contribution in [0.2, 0.25) is 0 Å². The van der Waals surface area contributed by atoms with E-state index in [0.29, 0.717) is 30.5 Å². The summed E-state index contributed by atoms with van der Waals surface area (Å²) in [5.74, 6) is 2.92. The molecule has 0 aliphatic rings. The van der Waals surface area contributed by atoms with Crippen molar-refractivity contribution < 1.29 is 14.2 Å². The molecule has 1 aromatic heterocycles. The zero-order chi connectivity index (χ0) is 27.6. The van der Waals surface area contributed by atoms with Gasteiger partial charge in [-0.3, -0.25) is 0 Å². The first-order chi connectivity index (χ1) is 19.1. The van der Waals surface area contributed by atoms with Crippen LogP contribution in [0.25, 0.3) is 22.4 Å². The molecule has 0 fully saturated rings. The van der Waals surface area contributed by atoms with Gasteiger partial charge in [0.25, 0.3) is 0 Å². The smallest absolute Gasteiger partial charge is 0.222 e. The lowest BCUT2D eigenvalue weighted by atomic mass is 9.98. The molecule has 0 aliphatic carbocycles. The van der Waals surface area contributed by atoms with E-state index in [1.165, 1.54) is 0 Å². The van der Waals surface area contributed by atoms with Crippen LogP contribution in [0.1, 0.15) is 20.8 Å². The number of benzene rings is 3. The molecule has 8 heteroatoms. The van der Waals surface area contributed by atoms with Gasteiger partial charge in [-0.05, 0) is 62.5 Å². The van der Waals surface area contributed by atoms with Gasteiger partial charge >= 0.3 is 0 Å². The van der Waals surface area contributed by atoms with Crippen molar-refractivity contribution in [3.8, 4) is 39.6 Å². The fourth-order valence-corrected chi connectivity index (χ4v) is 4.40. The van der Waals surface area contributed by atoms with E-state index < -0.39 is 0 Å². The van der Waals surface area contributed by atoms with Gasteiger partial charge in [0.2, 0.25) is 5.95 Å². The molecule has 4 rings (SSSR count). The Kier molecular flexibility index (Phi) is 9.58. The minimum absolute atomic E-state index is 0.152. The fourth-order valence-electron chi connectivity index (χ4n) is 4.40. The Morgan fingerprint density at radius 3 is 2.21 bits per heavy atom. The summed E-state index contributed by atoms with van der Waals surface area (Å²) in [5, 5.41) is 3.43. The normalized spacial score (nSPS) is 10.9. The van der Waals surface area contributed by atoms with Crippen molar-refractivity contribution in [2.45, 2.75) is 20.8 Å². The number of ether oxygens (including phenoxy) is 3. The Morgan fingerprint density at radius 1 is 0.821 bits per heavy atom. The monoisotopic (exact) mass is 527 g/mol. The summed E-state index contributed by atoms with van der Waals surface area (Å²) >= 11 is 0. The number of aromatic nitrogens is 2. The topological polar surface area (TPSA) is 94.8 Å². The Bertz CT molecular complexity index is 1360. The van der Waals surface area contributed by atoms with Crippen molar-refractivity contribution in [2.75, 3.05) is 51.0 Å². The molecule has 0 atom stereocenters. The molecule has 204 valence electrons. The summed E-state index contributed by atoms with van der Waals surface area (Å²) in [6.45, 7) is 10.3. The first-order valence-corrected chi connectivity index (χ1v) is 13.3. The van der Waals surface area contributed by atoms with E-state index in [4.69, 9.17) is 24.9 Å². The summed E-state index contributed by atoms with van der Waals surface area (Å²) in [4.78, 5) is 11.6. The molecule has 0 saturated heterocycles. The van der Waals surface area contributed by atoms with Crippen LogP contribution in [0.3, 0.4) is 0 Å². The lowest BCUT2D eigenvalue weighted by Gasteiger charge is -2.20. The summed E-state index contributed by atoms with van der Waals surface area (Å²) in [7, 11) is 1.64. The highest BCUT2D eigenvalue weighted by Gasteiger charge is 2.21. The van der Waals surface area contributed by atoms with E-state index in [1.807, 2.05) is 79.7 Å². The number of methoxy groups -OCH3 is 1. The predicted molar refractivity (Wildman–Crippen MR) is 158 cm³/mol. The van der Waals surface area contributed by atoms with Gasteiger partial charge in [0.1, 0.15) is 29.7 Å². The fraction of sp³-hybridized carbons (Fsp3) is 0.290. The second-order valence-electron chi connectivity index (χ2n) is 8.81. The number of nitrogen functional groups attached to an aromatic ring is 1. The van der Waals surface area contributed by atoms with Crippen LogP contribution in [0, 0.1) is 0 Å². The molecule has 0 saturated carbocycles. The standard InChI is InChI=1S/C31H37N5O3/c1-5-36(6-2)20-21-39-23-18-16-22(17-19-23)29-28(24-12-8-10-14-26(24)38-7-3)30(35-31(32)34-29)33-25-13-9-11-15-27(25)37-4/h8-19H,5-7,20-21H2,1-4H3,(H3,32,33,34,35). The predicted octanol–water partition coefficient (Wildman–Crippen LogP) is 6.26. The Hall–Kier alpha value is -4.30. The van der Waals surface area contributed by atoms with Crippen LogP contribution >= 0.6 is 0 Å². The zero-order valence-corrected chi connectivity index (χ0v) is 23.1. The van der Waals surface area contributed by atoms with E-state index in [-0.39, 0.29) is 5.95 Å². The molecule has 3 aromatic carbocycles. The Labute approximate surface area is 230 Å². The van der Waals surface area contributed by atoms with Crippen LogP contribution in [-0.4, -0.2) is 54.8 Å². The van der Waals surface area contributed by atoms with Crippen molar-refractivity contribution in [3.63, 3.8) is 0 Å². The number of likely N-dealkylation sites (N-methyl/N-ethyl adjacent to an activating group) is 1. The molecular formula is C31H37N5O3. The molecule has 1 heterocycles. The van der Waals surface area contributed by atoms with E-state index in [0.717, 1.165) is 53.5 Å². The van der Waals surface area contributed by atoms with Crippen molar-refractivity contribution >= 4 is 17.5 Å². The lowest BCUT2D eigenvalue weighted by Crippen LogP contribution is -2.27. The van der Waals surface area contributed by atoms with Crippen LogP contribution in [0.5, 0.6) is 17.2 Å². The molecule has 3 N–H and O–H groups in total. The maximum absolute atomic E-state index is 6.26. The van der Waals surface area contributed by atoms with Crippen molar-refractivity contribution in [2.24, 2.45) is 0 Å². The minimum Gasteiger partial charge on any atom is -0.495 e. The SMILES string of the molecule is CCOc1ccccc1-c1c(Nc2ccccc2OC)nc(N)nc1-c1ccc(OCCN(CC)CC)cc1. The largest absolute Gasteiger partial charge is 0.495 e. The number of nitrogens with one attached hydrogen (secondary N) is 1. The Morgan fingerprint density at radius 2 is 1.51 bits per heavy atom. The summed E-state index contributed by atoms with van der Waals surface area (Å²) in [5.41, 5.74) is 10.2. The third kappa shape index (κ3) is 6.78. The molecule has 0 aliphatic heterocycles. The van der Waals surface area contributed by atoms with Gasteiger partial charge in [0.15, 0.2) is 0 Å². The van der Waals surface area contributed by atoms with Crippen LogP contribution < -0.4 is 25.3 Å². The van der Waals surface area contributed by atoms with Crippen LogP contribution in [0.15, 0.2) is 72.8 Å². The summed E-state index contributed by atoms with van der Waals surface area (Å²) in [6, 6.07) is 23.4. The average molecular weight is 528 g/mol. The number of anilines is 3. The molecule has 8 nitrogen and oxygen atoms in total. The van der Waals surface area contributed by atoms with E-state index in [9.17, 15) is 0 Å². The maximum atomic E-state index is 6.26. The van der Waals surface area contributed by atoms with Gasteiger partial charge in [-0.25, -0.2) is 4.98 Å². The molecule has 4 aromatic rings. The highest BCUT2D eigenvalue weighted by Crippen LogP contribution is 2.42. The highest BCUT2D eigenvalue weighted by molar-refractivity contribution is 5.93. The highest BCUT2D eigenvalue weighted by atomic mass is 16.5. The van der Waals surface area contributed by atoms with Crippen LogP contribution in [0.4, 0.5) is 17.5 Å². The van der Waals surface area contributed by atoms with Gasteiger partial charge < -0.3 is 30.2 Å². The third-order valence-electron chi connectivity index (χ3n) is 6.44. The van der Waals surface area contributed by atoms with Gasteiger partial charge in [0.05, 0.1) is 30.7 Å². The average Bonchev–Trinajstić information content (AvgIpc) is 2.96. The molecular weight excluding hydrogens is 490 g/mol. The maximum Gasteiger partial charge on any atom is 0.222 e. The van der Waals surface area contributed by atoms with Crippen molar-refractivity contribution in [3.05, 3.63) is 72.8 Å². The summed E-state index contributed by atoms with van der Waals surface area (Å²) < 4.78 is 17.6. The second kappa shape index (κ2) is 13.5. The number of nitrogens with zero attached hydrogens (tertiary/aromatic N) is 3. The van der Waals surface area contributed by atoms with Gasteiger partial charge in [-0.15, -0.1) is 0 Å². The molecule has 39 heavy (non-hydrogen) atoms. The zero-order valence-electron chi connectivity index (χ0n) is 23.1. The van der Waals surface area contributed by atoms with Gasteiger partial charge in [-0.2, -0.15) is 4.98 Å². The molecule has 0 spiro atoms. The number of para-hydroxylation sites is 3. The quantitative estimate of drug-likeness (QED) is 0.210. The molecule has 0 bridgehead atoms. The third-order valence-corrected chi connectivity index (χ3v) is 6.44.